The summed E-state index contributed by atoms with van der Waals surface area (Å²) in [5.74, 6) is -1.89. The van der Waals surface area contributed by atoms with Crippen LogP contribution in [-0.4, -0.2) is 114 Å². The van der Waals surface area contributed by atoms with Gasteiger partial charge in [0.15, 0.2) is 22.8 Å². The van der Waals surface area contributed by atoms with Gasteiger partial charge in [0.1, 0.15) is 36.3 Å². The van der Waals surface area contributed by atoms with Crippen LogP contribution in [0.2, 0.25) is 0 Å². The molecule has 0 saturated carbocycles. The summed E-state index contributed by atoms with van der Waals surface area (Å²) >= 11 is 0.960. The molecule has 3 heterocycles. The molecule has 1 fully saturated rings. The summed E-state index contributed by atoms with van der Waals surface area (Å²) in [6.45, 7) is 3.24. The number of phosphoric ester groups is 3. The number of rotatable bonds is 22. The van der Waals surface area contributed by atoms with Crippen LogP contribution in [0.3, 0.4) is 0 Å². The molecule has 1 aliphatic rings. The number of hydrogen-bond acceptors (Lipinski definition) is 23. The summed E-state index contributed by atoms with van der Waals surface area (Å²) in [5.41, 5.74) is 4.04. The molecule has 0 aromatic carbocycles. The SMILES string of the molecule is CC[C@@H](C(=O)SCCNC(=O)CCNC(=O)C(O)C(C)(C)COP(=O)([O-])OP(=O)([O-])OCC1OC(n2cnc3c(N)ncnc32)C(O)C1OP(=O)([O-])[O-])[C@H](C)O. The molecule has 0 bridgehead atoms. The maximum absolute atomic E-state index is 12.5. The molecule has 1 aliphatic heterocycles. The summed E-state index contributed by atoms with van der Waals surface area (Å²) in [4.78, 5) is 96.1. The number of amides is 2. The Morgan fingerprint density at radius 3 is 2.36 bits per heavy atom. The molecule has 56 heavy (non-hydrogen) atoms. The Bertz CT molecular complexity index is 1830. The highest BCUT2D eigenvalue weighted by atomic mass is 32.2. The van der Waals surface area contributed by atoms with E-state index in [4.69, 9.17) is 10.5 Å². The fourth-order valence-corrected chi connectivity index (χ4v) is 8.79. The molecule has 2 amide bonds. The molecule has 7 N–H and O–H groups in total. The number of fused-ring (bicyclic) bond motifs is 1. The molecule has 318 valence electrons. The lowest BCUT2D eigenvalue weighted by Crippen LogP contribution is -2.46. The van der Waals surface area contributed by atoms with Crippen LogP contribution in [0.15, 0.2) is 12.7 Å². The molecule has 2 aromatic heterocycles. The number of hydrogen-bond donors (Lipinski definition) is 6. The number of ether oxygens (including phenoxy) is 1. The second kappa shape index (κ2) is 20.0. The van der Waals surface area contributed by atoms with Crippen molar-refractivity contribution in [3.8, 4) is 0 Å². The van der Waals surface area contributed by atoms with Crippen molar-refractivity contribution >= 4 is 69.1 Å². The molecule has 29 heteroatoms. The maximum Gasteiger partial charge on any atom is 0.274 e. The fourth-order valence-electron chi connectivity index (χ4n) is 5.07. The summed E-state index contributed by atoms with van der Waals surface area (Å²) < 4.78 is 60.4. The molecule has 2 aromatic rings. The van der Waals surface area contributed by atoms with Gasteiger partial charge in [0, 0.05) is 30.7 Å². The molecule has 9 atom stereocenters. The zero-order valence-electron chi connectivity index (χ0n) is 30.2. The number of anilines is 1. The van der Waals surface area contributed by atoms with E-state index in [1.807, 2.05) is 0 Å². The number of carbonyl (C=O) groups is 3. The monoisotopic (exact) mass is 877 g/mol. The number of nitrogens with zero attached hydrogens (tertiary/aromatic N) is 4. The maximum atomic E-state index is 12.5. The van der Waals surface area contributed by atoms with Gasteiger partial charge >= 0.3 is 0 Å². The zero-order valence-corrected chi connectivity index (χ0v) is 33.7. The van der Waals surface area contributed by atoms with Gasteiger partial charge in [-0.2, -0.15) is 0 Å². The predicted molar refractivity (Wildman–Crippen MR) is 184 cm³/mol. The normalized spacial score (nSPS) is 22.8. The van der Waals surface area contributed by atoms with Crippen molar-refractivity contribution in [1.82, 2.24) is 30.2 Å². The molecular weight excluding hydrogens is 835 g/mol. The lowest BCUT2D eigenvalue weighted by atomic mass is 9.87. The van der Waals surface area contributed by atoms with E-state index in [2.05, 4.69) is 43.5 Å². The van der Waals surface area contributed by atoms with E-state index < -0.39 is 96.6 Å². The Labute approximate surface area is 323 Å². The first-order valence-corrected chi connectivity index (χ1v) is 21.9. The summed E-state index contributed by atoms with van der Waals surface area (Å²) in [7, 11) is -17.6. The number of aromatic nitrogens is 4. The first-order valence-electron chi connectivity index (χ1n) is 16.5. The average Bonchev–Trinajstić information content (AvgIpc) is 3.64. The van der Waals surface area contributed by atoms with Gasteiger partial charge in [-0.25, -0.2) is 19.3 Å². The highest BCUT2D eigenvalue weighted by molar-refractivity contribution is 8.13. The largest absolute Gasteiger partial charge is 0.790 e. The molecule has 0 spiro atoms. The Hall–Kier alpha value is -2.48. The van der Waals surface area contributed by atoms with Gasteiger partial charge in [-0.1, -0.05) is 32.5 Å². The van der Waals surface area contributed by atoms with E-state index in [9.17, 15) is 63.0 Å². The number of aliphatic hydroxyl groups excluding tert-OH is 3. The highest BCUT2D eigenvalue weighted by Gasteiger charge is 2.47. The molecular formula is C27H42N7O18P3S-4. The van der Waals surface area contributed by atoms with E-state index in [0.29, 0.717) is 6.42 Å². The van der Waals surface area contributed by atoms with E-state index >= 15 is 0 Å². The van der Waals surface area contributed by atoms with Gasteiger partial charge in [-0.3, -0.25) is 28.1 Å². The first-order chi connectivity index (χ1) is 25.9. The van der Waals surface area contributed by atoms with E-state index in [-0.39, 0.29) is 47.4 Å². The lowest BCUT2D eigenvalue weighted by molar-refractivity contribution is -0.347. The minimum absolute atomic E-state index is 0.0259. The standard InChI is InChI=1S/C27H46N7O18P3S/c1-5-15(14(2)35)26(40)56-9-8-29-17(36)6-7-30-24(39)21(38)27(3,4)11-49-55(46,47)52-54(44,45)48-10-16-20(51-53(41,42)43)19(37)25(50-16)34-13-33-18-22(28)31-12-32-23(18)34/h12-16,19-21,25,35,37-38H,5-11H2,1-4H3,(H,29,36)(H,30,39)(H,44,45)(H,46,47)(H2,28,31,32)(H2,41,42,43)/p-4/t14-,15+,16?,19?,20?,21?,25?/m0/s1. The Morgan fingerprint density at radius 2 is 1.73 bits per heavy atom. The number of nitrogens with two attached hydrogens (primary N) is 1. The number of nitrogens with one attached hydrogen (secondary N) is 2. The van der Waals surface area contributed by atoms with Crippen molar-refractivity contribution < 1.29 is 85.6 Å². The molecule has 25 nitrogen and oxygen atoms in total. The fraction of sp³-hybridized carbons (Fsp3) is 0.704. The van der Waals surface area contributed by atoms with Crippen LogP contribution in [0.25, 0.3) is 11.2 Å². The van der Waals surface area contributed by atoms with Crippen molar-refractivity contribution in [2.24, 2.45) is 11.3 Å². The van der Waals surface area contributed by atoms with Crippen molar-refractivity contribution in [3.05, 3.63) is 12.7 Å². The first kappa shape index (κ1) is 47.9. The summed E-state index contributed by atoms with van der Waals surface area (Å²) in [6, 6.07) is 0. The highest BCUT2D eigenvalue weighted by Crippen LogP contribution is 2.56. The quantitative estimate of drug-likeness (QED) is 0.0494. The number of imidazole rings is 1. The average molecular weight is 878 g/mol. The van der Waals surface area contributed by atoms with Gasteiger partial charge < -0.3 is 74.1 Å². The van der Waals surface area contributed by atoms with E-state index in [1.54, 1.807) is 6.92 Å². The van der Waals surface area contributed by atoms with E-state index in [0.717, 1.165) is 29.0 Å². The van der Waals surface area contributed by atoms with Crippen LogP contribution >= 0.6 is 35.2 Å². The number of aliphatic hydroxyl groups is 3. The Balaban J connectivity index is 1.49. The Morgan fingerprint density at radius 1 is 1.07 bits per heavy atom. The molecule has 3 rings (SSSR count). The molecule has 1 saturated heterocycles. The minimum Gasteiger partial charge on any atom is -0.790 e. The smallest absolute Gasteiger partial charge is 0.274 e. The molecule has 0 aliphatic carbocycles. The molecule has 0 radical (unpaired) electrons. The van der Waals surface area contributed by atoms with Crippen molar-refractivity contribution in [2.45, 2.75) is 77.3 Å². The Kier molecular flexibility index (Phi) is 17.1. The van der Waals surface area contributed by atoms with E-state index in [1.165, 1.54) is 20.8 Å². The van der Waals surface area contributed by atoms with Gasteiger partial charge in [0.25, 0.3) is 15.6 Å². The lowest BCUT2D eigenvalue weighted by Gasteiger charge is -2.36. The molecule has 7 unspecified atom stereocenters. The van der Waals surface area contributed by atoms with Crippen LogP contribution in [-0.2, 0) is 50.7 Å². The number of nitrogen functional groups attached to an aromatic ring is 1. The number of thioether (sulfide) groups is 1. The number of phosphoric acid groups is 3. The zero-order chi connectivity index (χ0) is 42.2. The van der Waals surface area contributed by atoms with Crippen LogP contribution < -0.4 is 35.9 Å². The van der Waals surface area contributed by atoms with Crippen molar-refractivity contribution in [3.63, 3.8) is 0 Å². The number of carbonyl (C=O) groups excluding carboxylic acids is 3. The van der Waals surface area contributed by atoms with Gasteiger partial charge in [-0.15, -0.1) is 0 Å². The van der Waals surface area contributed by atoms with Crippen LogP contribution in [0.1, 0.15) is 46.8 Å². The van der Waals surface area contributed by atoms with Gasteiger partial charge in [-0.05, 0) is 13.3 Å². The topological polar surface area (TPSA) is 395 Å². The van der Waals surface area contributed by atoms with Crippen LogP contribution in [0, 0.1) is 11.3 Å². The third kappa shape index (κ3) is 13.8. The van der Waals surface area contributed by atoms with Crippen molar-refractivity contribution in [2.75, 3.05) is 37.8 Å². The summed E-state index contributed by atoms with van der Waals surface area (Å²) in [5, 5.41) is 35.6. The summed E-state index contributed by atoms with van der Waals surface area (Å²) in [6.07, 6.45) is -8.01. The third-order valence-electron chi connectivity index (χ3n) is 8.05. The third-order valence-corrected chi connectivity index (χ3v) is 12.1. The van der Waals surface area contributed by atoms with Crippen LogP contribution in [0.4, 0.5) is 5.82 Å². The van der Waals surface area contributed by atoms with Crippen molar-refractivity contribution in [1.29, 1.82) is 0 Å². The van der Waals surface area contributed by atoms with Gasteiger partial charge in [0.2, 0.25) is 11.8 Å². The second-order valence-electron chi connectivity index (χ2n) is 12.9. The van der Waals surface area contributed by atoms with Gasteiger partial charge in [0.05, 0.1) is 39.4 Å². The van der Waals surface area contributed by atoms with Crippen LogP contribution in [0.5, 0.6) is 0 Å². The predicted octanol–water partition coefficient (Wildman–Crippen LogP) is -3.46. The minimum atomic E-state index is -5.92. The second-order valence-corrected chi connectivity index (χ2v) is 18.1.